The van der Waals surface area contributed by atoms with E-state index in [-0.39, 0.29) is 0 Å². The molecule has 0 aliphatic heterocycles. The van der Waals surface area contributed by atoms with Crippen molar-refractivity contribution in [2.75, 3.05) is 6.54 Å². The van der Waals surface area contributed by atoms with E-state index in [4.69, 9.17) is 0 Å². The van der Waals surface area contributed by atoms with Gasteiger partial charge in [-0.2, -0.15) is 0 Å². The minimum Gasteiger partial charge on any atom is -0.315 e. The highest BCUT2D eigenvalue weighted by molar-refractivity contribution is 5.00. The van der Waals surface area contributed by atoms with Crippen molar-refractivity contribution in [3.8, 4) is 11.8 Å². The highest BCUT2D eigenvalue weighted by Crippen LogP contribution is 1.94. The molecule has 0 saturated carbocycles. The lowest BCUT2D eigenvalue weighted by atomic mass is 10.2. The van der Waals surface area contributed by atoms with Gasteiger partial charge in [-0.1, -0.05) is 27.7 Å². The molecule has 0 aromatic carbocycles. The zero-order chi connectivity index (χ0) is 10.1. The first-order chi connectivity index (χ1) is 6.13. The van der Waals surface area contributed by atoms with E-state index in [1.54, 1.807) is 0 Å². The lowest BCUT2D eigenvalue weighted by molar-refractivity contribution is 0.560. The van der Waals surface area contributed by atoms with Crippen LogP contribution in [0.1, 0.15) is 47.0 Å². The van der Waals surface area contributed by atoms with Gasteiger partial charge in [0.2, 0.25) is 0 Å². The van der Waals surface area contributed by atoms with E-state index < -0.39 is 0 Å². The second kappa shape index (κ2) is 8.13. The Labute approximate surface area is 83.3 Å². The van der Waals surface area contributed by atoms with Crippen LogP contribution in [0, 0.1) is 17.8 Å². The van der Waals surface area contributed by atoms with Crippen LogP contribution >= 0.6 is 0 Å². The molecule has 0 bridgehead atoms. The average Bonchev–Trinajstić information content (AvgIpc) is 2.01. The third kappa shape index (κ3) is 11.5. The van der Waals surface area contributed by atoms with Crippen molar-refractivity contribution < 1.29 is 0 Å². The predicted molar refractivity (Wildman–Crippen MR) is 59.6 cm³/mol. The van der Waals surface area contributed by atoms with Crippen molar-refractivity contribution in [2.24, 2.45) is 5.92 Å². The Balaban J connectivity index is 3.14. The maximum absolute atomic E-state index is 3.40. The van der Waals surface area contributed by atoms with Crippen LogP contribution in [0.3, 0.4) is 0 Å². The predicted octanol–water partition coefficient (Wildman–Crippen LogP) is 2.81. The van der Waals surface area contributed by atoms with Gasteiger partial charge in [-0.3, -0.25) is 0 Å². The molecule has 0 saturated heterocycles. The van der Waals surface area contributed by atoms with Crippen molar-refractivity contribution in [3.63, 3.8) is 0 Å². The molecule has 1 N–H and O–H groups in total. The molecule has 1 heteroatoms. The Kier molecular flexibility index (Phi) is 7.83. The van der Waals surface area contributed by atoms with E-state index in [0.29, 0.717) is 12.0 Å². The van der Waals surface area contributed by atoms with Crippen LogP contribution in [0.2, 0.25) is 0 Å². The fourth-order valence-electron chi connectivity index (χ4n) is 1.01. The number of rotatable bonds is 5. The van der Waals surface area contributed by atoms with Gasteiger partial charge in [-0.25, -0.2) is 0 Å². The third-order valence-corrected chi connectivity index (χ3v) is 1.67. The van der Waals surface area contributed by atoms with Crippen molar-refractivity contribution in [1.82, 2.24) is 5.32 Å². The van der Waals surface area contributed by atoms with Gasteiger partial charge < -0.3 is 5.32 Å². The molecular formula is C12H23N. The molecule has 13 heavy (non-hydrogen) atoms. The van der Waals surface area contributed by atoms with E-state index in [1.807, 2.05) is 0 Å². The molecule has 0 aromatic rings. The summed E-state index contributed by atoms with van der Waals surface area (Å²) in [7, 11) is 0. The van der Waals surface area contributed by atoms with Crippen LogP contribution in [0.4, 0.5) is 0 Å². The maximum atomic E-state index is 3.40. The van der Waals surface area contributed by atoms with Crippen molar-refractivity contribution in [3.05, 3.63) is 0 Å². The highest BCUT2D eigenvalue weighted by atomic mass is 14.9. The van der Waals surface area contributed by atoms with Crippen LogP contribution in [0.5, 0.6) is 0 Å². The molecule has 0 aromatic heterocycles. The van der Waals surface area contributed by atoms with E-state index >= 15 is 0 Å². The molecule has 0 unspecified atom stereocenters. The number of hydrogen-bond donors (Lipinski definition) is 1. The molecule has 0 fully saturated rings. The van der Waals surface area contributed by atoms with Crippen LogP contribution in [0.15, 0.2) is 0 Å². The molecule has 0 aliphatic rings. The van der Waals surface area contributed by atoms with Gasteiger partial charge in [-0.15, -0.1) is 11.8 Å². The Hall–Kier alpha value is -0.480. The van der Waals surface area contributed by atoms with Gasteiger partial charge in [0, 0.05) is 18.4 Å². The molecule has 0 heterocycles. The smallest absolute Gasteiger partial charge is 0.0146 e. The Morgan fingerprint density at radius 1 is 1.08 bits per heavy atom. The second-order valence-electron chi connectivity index (χ2n) is 4.04. The quantitative estimate of drug-likeness (QED) is 0.508. The summed E-state index contributed by atoms with van der Waals surface area (Å²) >= 11 is 0. The first-order valence-corrected chi connectivity index (χ1v) is 5.34. The monoisotopic (exact) mass is 181 g/mol. The third-order valence-electron chi connectivity index (χ3n) is 1.67. The summed E-state index contributed by atoms with van der Waals surface area (Å²) in [5.41, 5.74) is 0. The summed E-state index contributed by atoms with van der Waals surface area (Å²) in [6, 6.07) is 0.613. The normalized spacial score (nSPS) is 10.3. The Bertz CT molecular complexity index is 160. The zero-order valence-electron chi connectivity index (χ0n) is 9.48. The molecule has 0 spiro atoms. The SMILES string of the molecule is CC(C)C#CCCCCNC(C)C. The van der Waals surface area contributed by atoms with Crippen molar-refractivity contribution >= 4 is 0 Å². The van der Waals surface area contributed by atoms with Crippen molar-refractivity contribution in [1.29, 1.82) is 0 Å². The molecule has 0 rings (SSSR count). The van der Waals surface area contributed by atoms with Gasteiger partial charge >= 0.3 is 0 Å². The van der Waals surface area contributed by atoms with E-state index in [1.165, 1.54) is 12.8 Å². The number of hydrogen-bond acceptors (Lipinski definition) is 1. The standard InChI is InChI=1S/C12H23N/c1-11(2)9-7-5-6-8-10-13-12(3)4/h11-13H,5-6,8,10H2,1-4H3. The molecule has 76 valence electrons. The summed E-state index contributed by atoms with van der Waals surface area (Å²) in [6.07, 6.45) is 3.52. The summed E-state index contributed by atoms with van der Waals surface area (Å²) < 4.78 is 0. The van der Waals surface area contributed by atoms with Gasteiger partial charge in [0.1, 0.15) is 0 Å². The molecule has 0 amide bonds. The summed E-state index contributed by atoms with van der Waals surface area (Å²) in [4.78, 5) is 0. The first-order valence-electron chi connectivity index (χ1n) is 5.34. The topological polar surface area (TPSA) is 12.0 Å². The van der Waals surface area contributed by atoms with Gasteiger partial charge in [-0.05, 0) is 19.4 Å². The lowest BCUT2D eigenvalue weighted by Crippen LogP contribution is -2.23. The molecule has 0 aliphatic carbocycles. The number of unbranched alkanes of at least 4 members (excludes halogenated alkanes) is 2. The highest BCUT2D eigenvalue weighted by Gasteiger charge is 1.90. The molecule has 0 atom stereocenters. The van der Waals surface area contributed by atoms with E-state index in [0.717, 1.165) is 13.0 Å². The first kappa shape index (κ1) is 12.5. The Morgan fingerprint density at radius 2 is 1.77 bits per heavy atom. The van der Waals surface area contributed by atoms with Gasteiger partial charge in [0.15, 0.2) is 0 Å². The average molecular weight is 181 g/mol. The summed E-state index contributed by atoms with van der Waals surface area (Å²) in [5, 5.41) is 3.40. The molecular weight excluding hydrogens is 158 g/mol. The fraction of sp³-hybridized carbons (Fsp3) is 0.833. The largest absolute Gasteiger partial charge is 0.315 e. The minimum absolute atomic E-state index is 0.522. The fourth-order valence-corrected chi connectivity index (χ4v) is 1.01. The van der Waals surface area contributed by atoms with Crippen LogP contribution in [0.25, 0.3) is 0 Å². The second-order valence-corrected chi connectivity index (χ2v) is 4.04. The lowest BCUT2D eigenvalue weighted by Gasteiger charge is -2.05. The van der Waals surface area contributed by atoms with E-state index in [9.17, 15) is 0 Å². The molecule has 1 nitrogen and oxygen atoms in total. The maximum Gasteiger partial charge on any atom is 0.0146 e. The van der Waals surface area contributed by atoms with E-state index in [2.05, 4.69) is 44.9 Å². The zero-order valence-corrected chi connectivity index (χ0v) is 9.48. The summed E-state index contributed by atoms with van der Waals surface area (Å²) in [5.74, 6) is 6.89. The number of nitrogens with one attached hydrogen (secondary N) is 1. The van der Waals surface area contributed by atoms with Crippen LogP contribution in [-0.2, 0) is 0 Å². The minimum atomic E-state index is 0.522. The van der Waals surface area contributed by atoms with Crippen LogP contribution in [-0.4, -0.2) is 12.6 Å². The summed E-state index contributed by atoms with van der Waals surface area (Å²) in [6.45, 7) is 9.75. The Morgan fingerprint density at radius 3 is 2.31 bits per heavy atom. The van der Waals surface area contributed by atoms with Crippen molar-refractivity contribution in [2.45, 2.75) is 53.0 Å². The van der Waals surface area contributed by atoms with Gasteiger partial charge in [0.05, 0.1) is 0 Å². The molecule has 0 radical (unpaired) electrons. The van der Waals surface area contributed by atoms with Crippen LogP contribution < -0.4 is 5.32 Å². The van der Waals surface area contributed by atoms with Gasteiger partial charge in [0.25, 0.3) is 0 Å².